The minimum Gasteiger partial charge on any atom is -0.507 e. The van der Waals surface area contributed by atoms with E-state index in [1.165, 1.54) is 23.3 Å². The van der Waals surface area contributed by atoms with Crippen LogP contribution < -0.4 is 14.4 Å². The van der Waals surface area contributed by atoms with E-state index in [2.05, 4.69) is 9.97 Å². The quantitative estimate of drug-likeness (QED) is 0.238. The van der Waals surface area contributed by atoms with Gasteiger partial charge in [0.25, 0.3) is 5.78 Å². The van der Waals surface area contributed by atoms with Crippen LogP contribution in [0.25, 0.3) is 16.0 Å². The fraction of sp³-hybridized carbons (Fsp3) is 0.154. The summed E-state index contributed by atoms with van der Waals surface area (Å²) in [5, 5.41) is 11.5. The van der Waals surface area contributed by atoms with Gasteiger partial charge in [0.1, 0.15) is 17.3 Å². The van der Waals surface area contributed by atoms with E-state index in [-0.39, 0.29) is 11.3 Å². The first-order valence-corrected chi connectivity index (χ1v) is 11.7. The van der Waals surface area contributed by atoms with Crippen molar-refractivity contribution in [2.75, 3.05) is 18.6 Å². The number of anilines is 1. The lowest BCUT2D eigenvalue weighted by Crippen LogP contribution is -2.29. The number of fused-ring (bicyclic) bond motifs is 1. The zero-order valence-corrected chi connectivity index (χ0v) is 19.8. The van der Waals surface area contributed by atoms with Crippen LogP contribution >= 0.6 is 11.3 Å². The number of nitrogens with zero attached hydrogens (tertiary/aromatic N) is 3. The Morgan fingerprint density at radius 1 is 1.11 bits per heavy atom. The normalized spacial score (nSPS) is 17.2. The molecule has 176 valence electrons. The van der Waals surface area contributed by atoms with E-state index in [1.54, 1.807) is 48.8 Å². The van der Waals surface area contributed by atoms with Crippen LogP contribution in [0, 0.1) is 0 Å². The minimum absolute atomic E-state index is 0.0255. The molecule has 9 heteroatoms. The number of aliphatic hydroxyl groups excluding tert-OH is 1. The first-order valence-electron chi connectivity index (χ1n) is 10.9. The maximum atomic E-state index is 13.3. The smallest absolute Gasteiger partial charge is 0.301 e. The van der Waals surface area contributed by atoms with Crippen molar-refractivity contribution < 1.29 is 24.2 Å². The van der Waals surface area contributed by atoms with Crippen molar-refractivity contribution in [3.8, 4) is 11.5 Å². The van der Waals surface area contributed by atoms with Crippen molar-refractivity contribution in [1.82, 2.24) is 9.97 Å². The highest BCUT2D eigenvalue weighted by Crippen LogP contribution is 2.44. The van der Waals surface area contributed by atoms with Crippen LogP contribution in [0.2, 0.25) is 0 Å². The highest BCUT2D eigenvalue weighted by atomic mass is 32.1. The van der Waals surface area contributed by atoms with Gasteiger partial charge < -0.3 is 14.6 Å². The molecule has 2 aromatic carbocycles. The molecule has 1 amide bonds. The lowest BCUT2D eigenvalue weighted by molar-refractivity contribution is -0.132. The van der Waals surface area contributed by atoms with Gasteiger partial charge in [0.2, 0.25) is 0 Å². The lowest BCUT2D eigenvalue weighted by Gasteiger charge is -2.22. The Hall–Kier alpha value is -4.24. The van der Waals surface area contributed by atoms with Crippen molar-refractivity contribution >= 4 is 44.1 Å². The number of pyridine rings is 1. The maximum absolute atomic E-state index is 13.3. The van der Waals surface area contributed by atoms with Crippen LogP contribution in [0.15, 0.2) is 72.6 Å². The molecule has 1 aliphatic heterocycles. The highest BCUT2D eigenvalue weighted by Gasteiger charge is 2.48. The van der Waals surface area contributed by atoms with E-state index in [1.807, 2.05) is 25.1 Å². The third-order valence-electron chi connectivity index (χ3n) is 5.67. The van der Waals surface area contributed by atoms with Gasteiger partial charge in [0.05, 0.1) is 35.5 Å². The largest absolute Gasteiger partial charge is 0.507 e. The van der Waals surface area contributed by atoms with Gasteiger partial charge in [-0.3, -0.25) is 19.5 Å². The number of methoxy groups -OCH3 is 1. The summed E-state index contributed by atoms with van der Waals surface area (Å²) >= 11 is 1.27. The van der Waals surface area contributed by atoms with Crippen LogP contribution in [0.3, 0.4) is 0 Å². The molecular weight excluding hydrogens is 466 g/mol. The number of ketones is 1. The summed E-state index contributed by atoms with van der Waals surface area (Å²) in [7, 11) is 1.54. The number of carbonyl (C=O) groups is 2. The zero-order valence-electron chi connectivity index (χ0n) is 19.0. The second-order valence-corrected chi connectivity index (χ2v) is 8.75. The molecule has 0 spiro atoms. The first-order chi connectivity index (χ1) is 17.0. The molecule has 1 saturated heterocycles. The summed E-state index contributed by atoms with van der Waals surface area (Å²) in [5.41, 5.74) is 1.62. The molecule has 0 radical (unpaired) electrons. The van der Waals surface area contributed by atoms with Gasteiger partial charge in [0.15, 0.2) is 5.13 Å². The molecule has 8 nitrogen and oxygen atoms in total. The Bertz CT molecular complexity index is 1450. The van der Waals surface area contributed by atoms with E-state index in [0.717, 1.165) is 4.70 Å². The second kappa shape index (κ2) is 9.19. The van der Waals surface area contributed by atoms with Gasteiger partial charge in [-0.15, -0.1) is 0 Å². The van der Waals surface area contributed by atoms with Crippen molar-refractivity contribution in [2.24, 2.45) is 0 Å². The van der Waals surface area contributed by atoms with Crippen LogP contribution in [0.1, 0.15) is 24.1 Å². The second-order valence-electron chi connectivity index (χ2n) is 7.74. The summed E-state index contributed by atoms with van der Waals surface area (Å²) in [4.78, 5) is 36.7. The summed E-state index contributed by atoms with van der Waals surface area (Å²) in [6.07, 6.45) is 3.18. The molecule has 3 heterocycles. The maximum Gasteiger partial charge on any atom is 0.301 e. The molecule has 2 aromatic heterocycles. The number of hydrogen-bond donors (Lipinski definition) is 1. The first kappa shape index (κ1) is 22.5. The average molecular weight is 488 g/mol. The molecule has 0 saturated carbocycles. The summed E-state index contributed by atoms with van der Waals surface area (Å²) in [5.74, 6) is -0.534. The predicted molar refractivity (Wildman–Crippen MR) is 133 cm³/mol. The zero-order chi connectivity index (χ0) is 24.5. The van der Waals surface area contributed by atoms with Gasteiger partial charge in [-0.1, -0.05) is 17.4 Å². The van der Waals surface area contributed by atoms with Gasteiger partial charge in [0, 0.05) is 18.0 Å². The van der Waals surface area contributed by atoms with Gasteiger partial charge in [-0.2, -0.15) is 0 Å². The summed E-state index contributed by atoms with van der Waals surface area (Å²) in [6, 6.07) is 14.7. The predicted octanol–water partition coefficient (Wildman–Crippen LogP) is 4.72. The Kier molecular flexibility index (Phi) is 5.92. The monoisotopic (exact) mass is 487 g/mol. The summed E-state index contributed by atoms with van der Waals surface area (Å²) < 4.78 is 11.6. The Morgan fingerprint density at radius 2 is 1.89 bits per heavy atom. The standard InChI is InChI=1S/C26H21N3O5S/c1-3-34-18-10-11-19-20(13-18)35-26(28-19)29-22(16-5-4-12-27-14-16)21(24(31)25(29)32)23(30)15-6-8-17(33-2)9-7-15/h4-14,22,30H,3H2,1-2H3/b23-21-. The Labute approximate surface area is 205 Å². The molecule has 4 aromatic rings. The number of aromatic nitrogens is 2. The Morgan fingerprint density at radius 3 is 2.57 bits per heavy atom. The van der Waals surface area contributed by atoms with E-state index >= 15 is 0 Å². The van der Waals surface area contributed by atoms with E-state index in [4.69, 9.17) is 9.47 Å². The number of thiazole rings is 1. The molecule has 0 aliphatic carbocycles. The number of carbonyl (C=O) groups excluding carboxylic acids is 2. The molecule has 5 rings (SSSR count). The fourth-order valence-electron chi connectivity index (χ4n) is 4.04. The van der Waals surface area contributed by atoms with E-state index < -0.39 is 17.7 Å². The van der Waals surface area contributed by atoms with Crippen molar-refractivity contribution in [3.05, 3.63) is 83.7 Å². The molecule has 1 aliphatic rings. The average Bonchev–Trinajstić information content (AvgIpc) is 3.42. The van der Waals surface area contributed by atoms with Crippen LogP contribution in [-0.4, -0.2) is 40.5 Å². The highest BCUT2D eigenvalue weighted by molar-refractivity contribution is 7.22. The number of benzene rings is 2. The SMILES string of the molecule is CCOc1ccc2nc(N3C(=O)C(=O)/C(=C(\O)c4ccc(OC)cc4)C3c3cccnc3)sc2c1. The molecule has 1 N–H and O–H groups in total. The van der Waals surface area contributed by atoms with Gasteiger partial charge >= 0.3 is 5.91 Å². The number of Topliss-reactive ketones (excluding diaryl/α,β-unsaturated/α-hetero) is 1. The molecule has 1 atom stereocenters. The third kappa shape index (κ3) is 4.00. The molecule has 1 fully saturated rings. The molecule has 1 unspecified atom stereocenters. The topological polar surface area (TPSA) is 102 Å². The molecular formula is C26H21N3O5S. The van der Waals surface area contributed by atoms with E-state index in [9.17, 15) is 14.7 Å². The third-order valence-corrected chi connectivity index (χ3v) is 6.69. The number of amides is 1. The fourth-order valence-corrected chi connectivity index (χ4v) is 5.06. The minimum atomic E-state index is -0.891. The lowest BCUT2D eigenvalue weighted by atomic mass is 9.96. The van der Waals surface area contributed by atoms with Gasteiger partial charge in [-0.05, 0) is 61.0 Å². The Balaban J connectivity index is 1.66. The van der Waals surface area contributed by atoms with Crippen LogP contribution in [0.4, 0.5) is 5.13 Å². The number of rotatable bonds is 6. The number of ether oxygens (including phenoxy) is 2. The van der Waals surface area contributed by atoms with Crippen molar-refractivity contribution in [2.45, 2.75) is 13.0 Å². The van der Waals surface area contributed by atoms with Crippen LogP contribution in [0.5, 0.6) is 11.5 Å². The number of hydrogen-bond acceptors (Lipinski definition) is 8. The van der Waals surface area contributed by atoms with Crippen LogP contribution in [-0.2, 0) is 9.59 Å². The van der Waals surface area contributed by atoms with Crippen molar-refractivity contribution in [3.63, 3.8) is 0 Å². The van der Waals surface area contributed by atoms with Gasteiger partial charge in [-0.25, -0.2) is 4.98 Å². The number of aliphatic hydroxyl groups is 1. The van der Waals surface area contributed by atoms with E-state index in [0.29, 0.717) is 39.9 Å². The van der Waals surface area contributed by atoms with Crippen molar-refractivity contribution in [1.29, 1.82) is 0 Å². The summed E-state index contributed by atoms with van der Waals surface area (Å²) in [6.45, 7) is 2.43. The molecule has 35 heavy (non-hydrogen) atoms. The molecule has 0 bridgehead atoms.